The van der Waals surface area contributed by atoms with Crippen molar-refractivity contribution >= 4 is 45.5 Å². The largest absolute Gasteiger partial charge is 0.497 e. The number of hydrogen-bond acceptors (Lipinski definition) is 4. The Morgan fingerprint density at radius 1 is 0.971 bits per heavy atom. The predicted octanol–water partition coefficient (Wildman–Crippen LogP) is 5.33. The molecule has 4 rings (SSSR count). The monoisotopic (exact) mass is 518 g/mol. The number of ether oxygens (including phenoxy) is 1. The van der Waals surface area contributed by atoms with E-state index in [1.54, 1.807) is 25.3 Å². The highest BCUT2D eigenvalue weighted by atomic mass is 79.9. The number of carbonyl (C=O) groups is 3. The summed E-state index contributed by atoms with van der Waals surface area (Å²) in [5, 5.41) is 2.30. The standard InChI is InChI=1S/C27H23BrN2O4/c1-16-8-11-24(17(2)12-16)30-26(32)22(25(31)29-27(30)33)15-18-9-10-21(34-3)14-20(18)13-19-6-4-5-7-23(19)28/h4-12,14-15H,13H2,1-3H3,(H,29,31,33)/b22-15+. The maximum absolute atomic E-state index is 13.4. The first kappa shape index (κ1) is 23.4. The van der Waals surface area contributed by atoms with E-state index in [1.165, 1.54) is 6.08 Å². The number of carbonyl (C=O) groups excluding carboxylic acids is 3. The van der Waals surface area contributed by atoms with Crippen molar-refractivity contribution in [2.24, 2.45) is 0 Å². The molecule has 7 heteroatoms. The van der Waals surface area contributed by atoms with Gasteiger partial charge in [-0.1, -0.05) is 57.9 Å². The number of anilines is 1. The zero-order valence-corrected chi connectivity index (χ0v) is 20.6. The van der Waals surface area contributed by atoms with Gasteiger partial charge < -0.3 is 4.74 Å². The van der Waals surface area contributed by atoms with Gasteiger partial charge in [-0.2, -0.15) is 0 Å². The van der Waals surface area contributed by atoms with Crippen LogP contribution in [0.3, 0.4) is 0 Å². The van der Waals surface area contributed by atoms with E-state index in [0.29, 0.717) is 23.4 Å². The highest BCUT2D eigenvalue weighted by Gasteiger charge is 2.37. The normalized spacial score (nSPS) is 15.0. The van der Waals surface area contributed by atoms with Crippen molar-refractivity contribution in [3.05, 3.63) is 98.5 Å². The Balaban J connectivity index is 1.78. The Hall–Kier alpha value is -3.71. The number of urea groups is 1. The van der Waals surface area contributed by atoms with Crippen LogP contribution in [0.2, 0.25) is 0 Å². The third-order valence-corrected chi connectivity index (χ3v) is 6.46. The first-order chi connectivity index (χ1) is 16.3. The van der Waals surface area contributed by atoms with Gasteiger partial charge in [-0.3, -0.25) is 14.9 Å². The van der Waals surface area contributed by atoms with E-state index < -0.39 is 17.8 Å². The molecule has 0 saturated carbocycles. The lowest BCUT2D eigenvalue weighted by molar-refractivity contribution is -0.122. The van der Waals surface area contributed by atoms with Crippen LogP contribution in [-0.2, 0) is 16.0 Å². The number of nitrogens with one attached hydrogen (secondary N) is 1. The number of amides is 4. The average Bonchev–Trinajstić information content (AvgIpc) is 2.80. The number of nitrogens with zero attached hydrogens (tertiary/aromatic N) is 1. The zero-order chi connectivity index (χ0) is 24.4. The van der Waals surface area contributed by atoms with Gasteiger partial charge in [0.05, 0.1) is 12.8 Å². The predicted molar refractivity (Wildman–Crippen MR) is 135 cm³/mol. The molecule has 4 amide bonds. The number of hydrogen-bond donors (Lipinski definition) is 1. The number of aryl methyl sites for hydroxylation is 2. The Morgan fingerprint density at radius 3 is 2.44 bits per heavy atom. The van der Waals surface area contributed by atoms with Crippen LogP contribution in [0.25, 0.3) is 6.08 Å². The molecule has 0 aromatic heterocycles. The molecule has 6 nitrogen and oxygen atoms in total. The molecule has 0 unspecified atom stereocenters. The number of rotatable bonds is 5. The zero-order valence-electron chi connectivity index (χ0n) is 19.0. The second-order valence-electron chi connectivity index (χ2n) is 8.08. The average molecular weight is 519 g/mol. The van der Waals surface area contributed by atoms with Gasteiger partial charge in [-0.05, 0) is 72.9 Å². The van der Waals surface area contributed by atoms with Crippen molar-refractivity contribution in [1.82, 2.24) is 5.32 Å². The summed E-state index contributed by atoms with van der Waals surface area (Å²) in [5.41, 5.74) is 4.69. The summed E-state index contributed by atoms with van der Waals surface area (Å²) in [4.78, 5) is 39.7. The fourth-order valence-corrected chi connectivity index (χ4v) is 4.36. The Kier molecular flexibility index (Phi) is 6.65. The van der Waals surface area contributed by atoms with Gasteiger partial charge in [-0.15, -0.1) is 0 Å². The quantitative estimate of drug-likeness (QED) is 0.365. The topological polar surface area (TPSA) is 75.7 Å². The molecule has 172 valence electrons. The molecular weight excluding hydrogens is 496 g/mol. The van der Waals surface area contributed by atoms with Gasteiger partial charge >= 0.3 is 6.03 Å². The van der Waals surface area contributed by atoms with E-state index in [2.05, 4.69) is 21.2 Å². The SMILES string of the molecule is COc1ccc(/C=C2\C(=O)NC(=O)N(c3ccc(C)cc3C)C2=O)c(Cc2ccccc2Br)c1. The smallest absolute Gasteiger partial charge is 0.335 e. The third-order valence-electron chi connectivity index (χ3n) is 5.68. The highest BCUT2D eigenvalue weighted by Crippen LogP contribution is 2.29. The molecular formula is C27H23BrN2O4. The van der Waals surface area contributed by atoms with Crippen LogP contribution in [0.4, 0.5) is 10.5 Å². The van der Waals surface area contributed by atoms with E-state index >= 15 is 0 Å². The van der Waals surface area contributed by atoms with Crippen molar-refractivity contribution in [3.8, 4) is 5.75 Å². The first-order valence-electron chi connectivity index (χ1n) is 10.7. The molecule has 34 heavy (non-hydrogen) atoms. The van der Waals surface area contributed by atoms with Crippen LogP contribution in [0.5, 0.6) is 5.75 Å². The second-order valence-corrected chi connectivity index (χ2v) is 8.94. The summed E-state index contributed by atoms with van der Waals surface area (Å²) in [7, 11) is 1.58. The van der Waals surface area contributed by atoms with Crippen molar-refractivity contribution in [3.63, 3.8) is 0 Å². The lowest BCUT2D eigenvalue weighted by Gasteiger charge is -2.27. The van der Waals surface area contributed by atoms with Gasteiger partial charge in [-0.25, -0.2) is 9.69 Å². The van der Waals surface area contributed by atoms with Crippen LogP contribution >= 0.6 is 15.9 Å². The molecule has 0 radical (unpaired) electrons. The van der Waals surface area contributed by atoms with Gasteiger partial charge in [0, 0.05) is 4.47 Å². The summed E-state index contributed by atoms with van der Waals surface area (Å²) >= 11 is 3.57. The minimum atomic E-state index is -0.762. The fourth-order valence-electron chi connectivity index (χ4n) is 3.94. The summed E-state index contributed by atoms with van der Waals surface area (Å²) in [6.45, 7) is 3.75. The first-order valence-corrected chi connectivity index (χ1v) is 11.5. The number of benzene rings is 3. The minimum absolute atomic E-state index is 0.113. The Labute approximate surface area is 206 Å². The molecule has 1 heterocycles. The molecule has 0 spiro atoms. The molecule has 3 aromatic rings. The van der Waals surface area contributed by atoms with E-state index in [1.807, 2.05) is 56.3 Å². The summed E-state index contributed by atoms with van der Waals surface area (Å²) in [5.74, 6) is -0.724. The number of imide groups is 2. The maximum Gasteiger partial charge on any atom is 0.335 e. The molecule has 1 aliphatic rings. The van der Waals surface area contributed by atoms with Gasteiger partial charge in [0.25, 0.3) is 11.8 Å². The summed E-state index contributed by atoms with van der Waals surface area (Å²) in [6, 6.07) is 17.9. The number of methoxy groups -OCH3 is 1. The molecule has 3 aromatic carbocycles. The second kappa shape index (κ2) is 9.65. The fraction of sp³-hybridized carbons (Fsp3) is 0.148. The van der Waals surface area contributed by atoms with E-state index in [4.69, 9.17) is 4.74 Å². The Morgan fingerprint density at radius 2 is 1.74 bits per heavy atom. The molecule has 0 aliphatic carbocycles. The third kappa shape index (κ3) is 4.65. The molecule has 1 fully saturated rings. The number of barbiturate groups is 1. The highest BCUT2D eigenvalue weighted by molar-refractivity contribution is 9.10. The van der Waals surface area contributed by atoms with Crippen LogP contribution in [-0.4, -0.2) is 25.0 Å². The van der Waals surface area contributed by atoms with E-state index in [0.717, 1.165) is 31.6 Å². The molecule has 1 saturated heterocycles. The Bertz CT molecular complexity index is 1350. The lowest BCUT2D eigenvalue weighted by Crippen LogP contribution is -2.54. The van der Waals surface area contributed by atoms with Crippen molar-refractivity contribution in [2.45, 2.75) is 20.3 Å². The van der Waals surface area contributed by atoms with Gasteiger partial charge in [0.15, 0.2) is 0 Å². The van der Waals surface area contributed by atoms with Crippen LogP contribution in [0, 0.1) is 13.8 Å². The summed E-state index contributed by atoms with van der Waals surface area (Å²) in [6.07, 6.45) is 2.08. The van der Waals surface area contributed by atoms with E-state index in [-0.39, 0.29) is 5.57 Å². The van der Waals surface area contributed by atoms with Crippen molar-refractivity contribution in [1.29, 1.82) is 0 Å². The van der Waals surface area contributed by atoms with Crippen LogP contribution in [0.1, 0.15) is 27.8 Å². The maximum atomic E-state index is 13.4. The molecule has 0 bridgehead atoms. The van der Waals surface area contributed by atoms with Crippen LogP contribution in [0.15, 0.2) is 70.7 Å². The van der Waals surface area contributed by atoms with Crippen molar-refractivity contribution < 1.29 is 19.1 Å². The number of halogens is 1. The van der Waals surface area contributed by atoms with Gasteiger partial charge in [0.1, 0.15) is 11.3 Å². The minimum Gasteiger partial charge on any atom is -0.497 e. The van der Waals surface area contributed by atoms with Crippen molar-refractivity contribution in [2.75, 3.05) is 12.0 Å². The lowest BCUT2D eigenvalue weighted by atomic mass is 9.96. The van der Waals surface area contributed by atoms with Gasteiger partial charge in [0.2, 0.25) is 0 Å². The van der Waals surface area contributed by atoms with E-state index in [9.17, 15) is 14.4 Å². The molecule has 0 atom stereocenters. The summed E-state index contributed by atoms with van der Waals surface area (Å²) < 4.78 is 6.34. The molecule has 1 aliphatic heterocycles. The molecule has 1 N–H and O–H groups in total. The van der Waals surface area contributed by atoms with Crippen LogP contribution < -0.4 is 15.0 Å².